The van der Waals surface area contributed by atoms with Crippen LogP contribution in [-0.2, 0) is 10.0 Å². The van der Waals surface area contributed by atoms with E-state index in [9.17, 15) is 8.42 Å². The first-order valence-corrected chi connectivity index (χ1v) is 8.68. The lowest BCUT2D eigenvalue weighted by Crippen LogP contribution is -2.26. The standard InChI is InChI=1S/C14H17NO3S2/c1-3-18-13-8-6-12(7-9-13)11(2)15-20(16,17)14-5-4-10-19-14/h4-11,15H,3H2,1-2H3. The average Bonchev–Trinajstić information content (AvgIpc) is 2.94. The Morgan fingerprint density at radius 2 is 1.95 bits per heavy atom. The topological polar surface area (TPSA) is 55.4 Å². The van der Waals surface area contributed by atoms with Gasteiger partial charge in [-0.05, 0) is 43.0 Å². The molecule has 20 heavy (non-hydrogen) atoms. The molecular formula is C14H17NO3S2. The van der Waals surface area contributed by atoms with Crippen LogP contribution in [0.4, 0.5) is 0 Å². The molecule has 1 atom stereocenters. The molecule has 1 N–H and O–H groups in total. The number of hydrogen-bond donors (Lipinski definition) is 1. The first-order valence-electron chi connectivity index (χ1n) is 6.31. The summed E-state index contributed by atoms with van der Waals surface area (Å²) < 4.78 is 32.6. The van der Waals surface area contributed by atoms with Gasteiger partial charge in [-0.25, -0.2) is 13.1 Å². The predicted molar refractivity (Wildman–Crippen MR) is 80.7 cm³/mol. The molecule has 1 heterocycles. The van der Waals surface area contributed by atoms with Crippen molar-refractivity contribution in [3.63, 3.8) is 0 Å². The highest BCUT2D eigenvalue weighted by molar-refractivity contribution is 7.91. The number of rotatable bonds is 6. The van der Waals surface area contributed by atoms with Crippen molar-refractivity contribution in [3.05, 3.63) is 47.3 Å². The first-order chi connectivity index (χ1) is 9.53. The highest BCUT2D eigenvalue weighted by Gasteiger charge is 2.19. The Hall–Kier alpha value is -1.37. The third kappa shape index (κ3) is 3.59. The summed E-state index contributed by atoms with van der Waals surface area (Å²) in [7, 11) is -3.45. The van der Waals surface area contributed by atoms with Crippen LogP contribution in [0, 0.1) is 0 Å². The van der Waals surface area contributed by atoms with Gasteiger partial charge in [0, 0.05) is 6.04 Å². The van der Waals surface area contributed by atoms with Crippen LogP contribution >= 0.6 is 11.3 Å². The molecule has 0 radical (unpaired) electrons. The number of hydrogen-bond acceptors (Lipinski definition) is 4. The Morgan fingerprint density at radius 1 is 1.25 bits per heavy atom. The molecule has 0 aliphatic heterocycles. The SMILES string of the molecule is CCOc1ccc(C(C)NS(=O)(=O)c2cccs2)cc1. The van der Waals surface area contributed by atoms with Crippen LogP contribution in [0.1, 0.15) is 25.5 Å². The Bertz CT molecular complexity index is 634. The van der Waals surface area contributed by atoms with Crippen molar-refractivity contribution in [2.45, 2.75) is 24.1 Å². The first kappa shape index (κ1) is 15.0. The summed E-state index contributed by atoms with van der Waals surface area (Å²) in [5, 5.41) is 1.75. The fourth-order valence-electron chi connectivity index (χ4n) is 1.79. The molecule has 2 aromatic rings. The van der Waals surface area contributed by atoms with Crippen LogP contribution in [0.25, 0.3) is 0 Å². The van der Waals surface area contributed by atoms with Crippen LogP contribution in [0.2, 0.25) is 0 Å². The van der Waals surface area contributed by atoms with Crippen molar-refractivity contribution >= 4 is 21.4 Å². The van der Waals surface area contributed by atoms with Gasteiger partial charge >= 0.3 is 0 Å². The molecule has 0 aliphatic carbocycles. The quantitative estimate of drug-likeness (QED) is 0.891. The zero-order valence-electron chi connectivity index (χ0n) is 11.4. The second-order valence-electron chi connectivity index (χ2n) is 4.28. The minimum atomic E-state index is -3.45. The van der Waals surface area contributed by atoms with Crippen molar-refractivity contribution in [2.24, 2.45) is 0 Å². The molecule has 1 unspecified atom stereocenters. The largest absolute Gasteiger partial charge is 0.494 e. The van der Waals surface area contributed by atoms with E-state index in [-0.39, 0.29) is 6.04 Å². The molecule has 0 aliphatic rings. The maximum Gasteiger partial charge on any atom is 0.250 e. The average molecular weight is 311 g/mol. The maximum atomic E-state index is 12.1. The number of nitrogens with one attached hydrogen (secondary N) is 1. The van der Waals surface area contributed by atoms with Gasteiger partial charge in [-0.15, -0.1) is 11.3 Å². The third-order valence-electron chi connectivity index (χ3n) is 2.78. The van der Waals surface area contributed by atoms with Crippen molar-refractivity contribution in [1.29, 1.82) is 0 Å². The van der Waals surface area contributed by atoms with Gasteiger partial charge in [-0.2, -0.15) is 0 Å². The summed E-state index contributed by atoms with van der Waals surface area (Å²) in [5.41, 5.74) is 0.897. The van der Waals surface area contributed by atoms with Crippen LogP contribution in [0.3, 0.4) is 0 Å². The van der Waals surface area contributed by atoms with Gasteiger partial charge in [0.25, 0.3) is 10.0 Å². The molecule has 0 fully saturated rings. The van der Waals surface area contributed by atoms with E-state index in [1.54, 1.807) is 17.5 Å². The molecule has 4 nitrogen and oxygen atoms in total. The van der Waals surface area contributed by atoms with E-state index in [1.807, 2.05) is 38.1 Å². The highest BCUT2D eigenvalue weighted by Crippen LogP contribution is 2.21. The van der Waals surface area contributed by atoms with Gasteiger partial charge in [0.1, 0.15) is 9.96 Å². The van der Waals surface area contributed by atoms with E-state index < -0.39 is 10.0 Å². The van der Waals surface area contributed by atoms with Gasteiger partial charge in [-0.3, -0.25) is 0 Å². The van der Waals surface area contributed by atoms with Gasteiger partial charge in [-0.1, -0.05) is 18.2 Å². The smallest absolute Gasteiger partial charge is 0.250 e. The molecule has 6 heteroatoms. The molecule has 0 bridgehead atoms. The lowest BCUT2D eigenvalue weighted by molar-refractivity contribution is 0.340. The van der Waals surface area contributed by atoms with Crippen LogP contribution in [-0.4, -0.2) is 15.0 Å². The molecule has 108 valence electrons. The summed E-state index contributed by atoms with van der Waals surface area (Å²) in [6.07, 6.45) is 0. The minimum Gasteiger partial charge on any atom is -0.494 e. The van der Waals surface area contributed by atoms with Crippen LogP contribution in [0.5, 0.6) is 5.75 Å². The second-order valence-corrected chi connectivity index (χ2v) is 7.17. The van der Waals surface area contributed by atoms with Crippen LogP contribution in [0.15, 0.2) is 46.0 Å². The van der Waals surface area contributed by atoms with E-state index >= 15 is 0 Å². The van der Waals surface area contributed by atoms with Crippen molar-refractivity contribution in [3.8, 4) is 5.75 Å². The lowest BCUT2D eigenvalue weighted by atomic mass is 10.1. The Morgan fingerprint density at radius 3 is 2.50 bits per heavy atom. The molecule has 0 spiro atoms. The van der Waals surface area contributed by atoms with Gasteiger partial charge < -0.3 is 4.74 Å². The fourth-order valence-corrected chi connectivity index (χ4v) is 4.04. The van der Waals surface area contributed by atoms with Gasteiger partial charge in [0.2, 0.25) is 0 Å². The minimum absolute atomic E-state index is 0.294. The number of sulfonamides is 1. The van der Waals surface area contributed by atoms with Crippen LogP contribution < -0.4 is 9.46 Å². The zero-order valence-corrected chi connectivity index (χ0v) is 13.0. The third-order valence-corrected chi connectivity index (χ3v) is 5.72. The Balaban J connectivity index is 2.10. The molecule has 0 saturated carbocycles. The maximum absolute atomic E-state index is 12.1. The molecule has 1 aromatic carbocycles. The van der Waals surface area contributed by atoms with E-state index in [1.165, 1.54) is 11.3 Å². The van der Waals surface area contributed by atoms with Gasteiger partial charge in [0.15, 0.2) is 0 Å². The second kappa shape index (κ2) is 6.39. The lowest BCUT2D eigenvalue weighted by Gasteiger charge is -2.14. The van der Waals surface area contributed by atoms with Crippen molar-refractivity contribution in [2.75, 3.05) is 6.61 Å². The number of benzene rings is 1. The predicted octanol–water partition coefficient (Wildman–Crippen LogP) is 3.19. The monoisotopic (exact) mass is 311 g/mol. The Labute approximate surface area is 123 Å². The summed E-state index contributed by atoms with van der Waals surface area (Å²) in [6.45, 7) is 4.35. The van der Waals surface area contributed by atoms with Crippen molar-refractivity contribution in [1.82, 2.24) is 4.72 Å². The highest BCUT2D eigenvalue weighted by atomic mass is 32.2. The zero-order chi connectivity index (χ0) is 14.6. The van der Waals surface area contributed by atoms with Gasteiger partial charge in [0.05, 0.1) is 6.61 Å². The summed E-state index contributed by atoms with van der Waals surface area (Å²) in [6, 6.07) is 10.4. The van der Waals surface area contributed by atoms with E-state index in [4.69, 9.17) is 4.74 Å². The molecule has 0 saturated heterocycles. The normalized spacial score (nSPS) is 13.1. The van der Waals surface area contributed by atoms with E-state index in [0.29, 0.717) is 10.8 Å². The summed E-state index contributed by atoms with van der Waals surface area (Å²) in [4.78, 5) is 0. The summed E-state index contributed by atoms with van der Waals surface area (Å²) >= 11 is 1.21. The van der Waals surface area contributed by atoms with E-state index in [2.05, 4.69) is 4.72 Å². The summed E-state index contributed by atoms with van der Waals surface area (Å²) in [5.74, 6) is 0.782. The number of ether oxygens (including phenoxy) is 1. The molecule has 1 aromatic heterocycles. The fraction of sp³-hybridized carbons (Fsp3) is 0.286. The Kier molecular flexibility index (Phi) is 4.80. The van der Waals surface area contributed by atoms with E-state index in [0.717, 1.165) is 11.3 Å². The van der Waals surface area contributed by atoms with Crippen molar-refractivity contribution < 1.29 is 13.2 Å². The molecule has 2 rings (SSSR count). The molecular weight excluding hydrogens is 294 g/mol. The molecule has 0 amide bonds. The number of thiophene rings is 1.